The largest absolute Gasteiger partial charge is 0.310 e. The van der Waals surface area contributed by atoms with Gasteiger partial charge in [0.25, 0.3) is 0 Å². The van der Waals surface area contributed by atoms with Crippen LogP contribution in [-0.4, -0.2) is 0 Å². The Labute approximate surface area is 344 Å². The van der Waals surface area contributed by atoms with Crippen LogP contribution in [0.5, 0.6) is 0 Å². The molecule has 268 valence electrons. The first-order valence-electron chi connectivity index (χ1n) is 22.5. The van der Waals surface area contributed by atoms with Crippen LogP contribution < -0.4 is 4.90 Å². The van der Waals surface area contributed by atoms with Crippen molar-refractivity contribution in [3.8, 4) is 55.6 Å². The molecule has 10 aromatic carbocycles. The van der Waals surface area contributed by atoms with Gasteiger partial charge in [-0.05, 0) is 108 Å². The SMILES string of the molecule is [2H]c1c([2H])c(-c2cccc3ccccc23)c([2H])c(N(c2ccc(-c3c(-c4ccccc4)ccc4ccccc34)cc2)c2c([2H])c([2H])c(-c3ccccc3)c([2H])c2-c2ccccc2)c1[2H]. The van der Waals surface area contributed by atoms with Crippen LogP contribution in [0.1, 0.15) is 9.60 Å². The minimum atomic E-state index is -0.385. The molecule has 0 aliphatic heterocycles. The van der Waals surface area contributed by atoms with Crippen LogP contribution in [0.2, 0.25) is 0 Å². The molecule has 0 spiro atoms. The van der Waals surface area contributed by atoms with Gasteiger partial charge >= 0.3 is 0 Å². The van der Waals surface area contributed by atoms with Crippen molar-refractivity contribution >= 4 is 38.6 Å². The summed E-state index contributed by atoms with van der Waals surface area (Å²) >= 11 is 0. The first-order valence-corrected chi connectivity index (χ1v) is 19.0. The molecule has 1 heteroatoms. The molecule has 0 heterocycles. The summed E-state index contributed by atoms with van der Waals surface area (Å²) in [5.74, 6) is 0. The maximum Gasteiger partial charge on any atom is 0.0651 e. The third-order valence-corrected chi connectivity index (χ3v) is 10.5. The summed E-state index contributed by atoms with van der Waals surface area (Å²) in [5, 5.41) is 3.83. The van der Waals surface area contributed by atoms with Crippen molar-refractivity contribution in [3.63, 3.8) is 0 Å². The van der Waals surface area contributed by atoms with Crippen LogP contribution in [0.3, 0.4) is 0 Å². The minimum absolute atomic E-state index is 0.00817. The lowest BCUT2D eigenvalue weighted by molar-refractivity contribution is 1.28. The van der Waals surface area contributed by atoms with Crippen LogP contribution in [0.15, 0.2) is 236 Å². The molecular formula is C56H39N. The van der Waals surface area contributed by atoms with Crippen molar-refractivity contribution in [1.82, 2.24) is 0 Å². The topological polar surface area (TPSA) is 3.24 Å². The highest BCUT2D eigenvalue weighted by Crippen LogP contribution is 2.45. The first kappa shape index (κ1) is 27.2. The lowest BCUT2D eigenvalue weighted by Gasteiger charge is -2.29. The van der Waals surface area contributed by atoms with Crippen LogP contribution in [0.4, 0.5) is 17.1 Å². The Kier molecular flexibility index (Phi) is 7.14. The van der Waals surface area contributed by atoms with E-state index in [4.69, 9.17) is 0 Å². The van der Waals surface area contributed by atoms with E-state index >= 15 is 0 Å². The summed E-state index contributed by atoms with van der Waals surface area (Å²) < 4.78 is 67.7. The van der Waals surface area contributed by atoms with Crippen molar-refractivity contribution in [1.29, 1.82) is 0 Å². The maximum atomic E-state index is 10.1. The summed E-state index contributed by atoms with van der Waals surface area (Å²) in [5.41, 5.74) is 7.13. The van der Waals surface area contributed by atoms with Crippen molar-refractivity contribution in [3.05, 3.63) is 236 Å². The Morgan fingerprint density at radius 2 is 0.912 bits per heavy atom. The van der Waals surface area contributed by atoms with E-state index in [1.807, 2.05) is 158 Å². The lowest BCUT2D eigenvalue weighted by atomic mass is 9.89. The smallest absolute Gasteiger partial charge is 0.0651 e. The molecule has 0 saturated carbocycles. The highest BCUT2D eigenvalue weighted by atomic mass is 15.1. The van der Waals surface area contributed by atoms with Crippen LogP contribution in [0.25, 0.3) is 77.2 Å². The molecule has 0 aromatic heterocycles. The Morgan fingerprint density at radius 1 is 0.316 bits per heavy atom. The number of benzene rings is 10. The quantitative estimate of drug-likeness (QED) is 0.150. The molecule has 0 aliphatic rings. The molecule has 0 unspecified atom stereocenters. The predicted octanol–water partition coefficient (Wildman–Crippen LogP) is 15.8. The number of rotatable bonds is 8. The van der Waals surface area contributed by atoms with E-state index in [2.05, 4.69) is 36.4 Å². The van der Waals surface area contributed by atoms with Crippen molar-refractivity contribution in [2.75, 3.05) is 4.90 Å². The fraction of sp³-hybridized carbons (Fsp3) is 0. The molecular weight excluding hydrogens is 687 g/mol. The Hall–Kier alpha value is -7.48. The highest BCUT2D eigenvalue weighted by molar-refractivity contribution is 6.05. The molecule has 0 amide bonds. The minimum Gasteiger partial charge on any atom is -0.310 e. The predicted molar refractivity (Wildman–Crippen MR) is 243 cm³/mol. The Balaban J connectivity index is 1.30. The van der Waals surface area contributed by atoms with Crippen LogP contribution >= 0.6 is 0 Å². The average molecular weight is 733 g/mol. The number of fused-ring (bicyclic) bond motifs is 2. The van der Waals surface area contributed by atoms with Gasteiger partial charge in [-0.25, -0.2) is 0 Å². The van der Waals surface area contributed by atoms with E-state index in [9.17, 15) is 9.60 Å². The van der Waals surface area contributed by atoms with Gasteiger partial charge < -0.3 is 4.90 Å². The highest BCUT2D eigenvalue weighted by Gasteiger charge is 2.20. The number of nitrogens with zero attached hydrogens (tertiary/aromatic N) is 1. The monoisotopic (exact) mass is 732 g/mol. The third kappa shape index (κ3) is 6.56. The van der Waals surface area contributed by atoms with E-state index in [0.29, 0.717) is 27.9 Å². The van der Waals surface area contributed by atoms with Gasteiger partial charge in [0.15, 0.2) is 0 Å². The summed E-state index contributed by atoms with van der Waals surface area (Å²) in [4.78, 5) is 1.61. The molecule has 0 N–H and O–H groups in total. The molecule has 10 rings (SSSR count). The summed E-state index contributed by atoms with van der Waals surface area (Å²) in [6.45, 7) is 0. The van der Waals surface area contributed by atoms with E-state index in [-0.39, 0.29) is 64.8 Å². The summed E-state index contributed by atoms with van der Waals surface area (Å²) in [6.07, 6.45) is 0. The number of anilines is 3. The van der Waals surface area contributed by atoms with Crippen molar-refractivity contribution in [2.45, 2.75) is 0 Å². The molecule has 0 saturated heterocycles. The molecule has 0 bridgehead atoms. The second-order valence-electron chi connectivity index (χ2n) is 13.9. The fourth-order valence-electron chi connectivity index (χ4n) is 7.74. The van der Waals surface area contributed by atoms with Gasteiger partial charge in [-0.1, -0.05) is 200 Å². The second-order valence-corrected chi connectivity index (χ2v) is 13.9. The third-order valence-electron chi connectivity index (χ3n) is 10.5. The van der Waals surface area contributed by atoms with Crippen molar-refractivity contribution in [2.24, 2.45) is 0 Å². The lowest BCUT2D eigenvalue weighted by Crippen LogP contribution is -2.11. The van der Waals surface area contributed by atoms with E-state index in [1.165, 1.54) is 0 Å². The fourth-order valence-corrected chi connectivity index (χ4v) is 7.74. The summed E-state index contributed by atoms with van der Waals surface area (Å²) in [7, 11) is 0. The molecule has 10 aromatic rings. The van der Waals surface area contributed by atoms with Crippen LogP contribution in [0, 0.1) is 0 Å². The normalized spacial score (nSPS) is 12.9. The van der Waals surface area contributed by atoms with Gasteiger partial charge in [0.1, 0.15) is 0 Å². The van der Waals surface area contributed by atoms with Crippen LogP contribution in [-0.2, 0) is 0 Å². The van der Waals surface area contributed by atoms with Gasteiger partial charge in [0.2, 0.25) is 0 Å². The zero-order valence-electron chi connectivity index (χ0n) is 37.9. The Bertz CT molecular complexity index is 3390. The molecule has 0 aliphatic carbocycles. The van der Waals surface area contributed by atoms with Gasteiger partial charge in [-0.3, -0.25) is 0 Å². The maximum absolute atomic E-state index is 10.1. The second kappa shape index (κ2) is 15.0. The first-order chi connectivity index (χ1) is 31.2. The molecule has 0 radical (unpaired) electrons. The molecule has 1 nitrogen and oxygen atoms in total. The van der Waals surface area contributed by atoms with Gasteiger partial charge in [0.05, 0.1) is 15.3 Å². The number of hydrogen-bond donors (Lipinski definition) is 0. The van der Waals surface area contributed by atoms with Crippen molar-refractivity contribution < 1.29 is 9.60 Å². The van der Waals surface area contributed by atoms with Gasteiger partial charge in [-0.2, -0.15) is 0 Å². The zero-order chi connectivity index (χ0) is 44.1. The van der Waals surface area contributed by atoms with Gasteiger partial charge in [0, 0.05) is 16.9 Å². The molecule has 0 atom stereocenters. The van der Waals surface area contributed by atoms with E-state index in [0.717, 1.165) is 43.8 Å². The Morgan fingerprint density at radius 3 is 1.63 bits per heavy atom. The zero-order valence-corrected chi connectivity index (χ0v) is 30.9. The summed E-state index contributed by atoms with van der Waals surface area (Å²) in [6, 6.07) is 60.7. The standard InChI is InChI=1S/C56H39N/c1-4-16-40(17-5-1)46-33-37-55(54(39-46)43-20-8-3-9-21-43)57(49-26-14-25-47(38-49)51-29-15-24-41-22-10-12-27-50(41)51)48-34-30-45(31-35-48)56-52-28-13-11-23-44(52)32-36-53(56)42-18-6-2-7-19-42/h1-39H/i14D,25D,26D,33D,37D,38D,39D. The average Bonchev–Trinajstić information content (AvgIpc) is 3.34. The van der Waals surface area contributed by atoms with E-state index < -0.39 is 0 Å². The molecule has 57 heavy (non-hydrogen) atoms. The van der Waals surface area contributed by atoms with Gasteiger partial charge in [-0.15, -0.1) is 0 Å². The number of hydrogen-bond acceptors (Lipinski definition) is 1. The molecule has 0 fully saturated rings. The van der Waals surface area contributed by atoms with E-state index in [1.54, 1.807) is 4.90 Å².